The fourth-order valence-electron chi connectivity index (χ4n) is 4.76. The molecule has 8 heteroatoms. The number of piperazine rings is 1. The molecule has 0 aliphatic carbocycles. The lowest BCUT2D eigenvalue weighted by Gasteiger charge is -2.41. The number of ketones is 1. The molecule has 2 aliphatic rings. The SMILES string of the molecule is Cc1ncc(C(=O)Cc2cc(Cl)cc(CN3CCN(C(=O)[C@H]4CCCCO4)[C@@H](C)C3)c2C)s1. The van der Waals surface area contributed by atoms with Gasteiger partial charge in [-0.25, -0.2) is 4.98 Å². The Morgan fingerprint density at radius 3 is 2.67 bits per heavy atom. The fraction of sp³-hybridized carbons (Fsp3) is 0.560. The molecule has 1 aromatic heterocycles. The van der Waals surface area contributed by atoms with Crippen LogP contribution in [0.25, 0.3) is 0 Å². The molecule has 1 amide bonds. The minimum atomic E-state index is -0.273. The number of aromatic nitrogens is 1. The summed E-state index contributed by atoms with van der Waals surface area (Å²) in [6, 6.07) is 4.03. The molecule has 2 aliphatic heterocycles. The maximum Gasteiger partial charge on any atom is 0.252 e. The summed E-state index contributed by atoms with van der Waals surface area (Å²) in [5.41, 5.74) is 3.20. The first-order valence-electron chi connectivity index (χ1n) is 11.7. The van der Waals surface area contributed by atoms with Crippen molar-refractivity contribution in [3.8, 4) is 0 Å². The number of aryl methyl sites for hydroxylation is 1. The van der Waals surface area contributed by atoms with E-state index in [1.54, 1.807) is 6.20 Å². The van der Waals surface area contributed by atoms with Crippen molar-refractivity contribution in [1.82, 2.24) is 14.8 Å². The van der Waals surface area contributed by atoms with E-state index in [0.717, 1.165) is 60.6 Å². The Labute approximate surface area is 204 Å². The minimum absolute atomic E-state index is 0.0718. The van der Waals surface area contributed by atoms with Gasteiger partial charge in [-0.3, -0.25) is 14.5 Å². The van der Waals surface area contributed by atoms with Gasteiger partial charge in [-0.05, 0) is 68.9 Å². The summed E-state index contributed by atoms with van der Waals surface area (Å²) in [4.78, 5) is 34.9. The van der Waals surface area contributed by atoms with Gasteiger partial charge in [-0.15, -0.1) is 11.3 Å². The second-order valence-corrected chi connectivity index (χ2v) is 10.8. The molecule has 0 spiro atoms. The number of hydrogen-bond donors (Lipinski definition) is 0. The number of halogens is 1. The molecule has 0 N–H and O–H groups in total. The first-order valence-corrected chi connectivity index (χ1v) is 12.9. The highest BCUT2D eigenvalue weighted by Gasteiger charge is 2.33. The topological polar surface area (TPSA) is 62.7 Å². The number of benzene rings is 1. The molecule has 0 saturated carbocycles. The molecule has 2 fully saturated rings. The van der Waals surface area contributed by atoms with Crippen LogP contribution in [-0.2, 0) is 22.5 Å². The predicted molar refractivity (Wildman–Crippen MR) is 131 cm³/mol. The monoisotopic (exact) mass is 489 g/mol. The van der Waals surface area contributed by atoms with Crippen molar-refractivity contribution in [2.24, 2.45) is 0 Å². The number of carbonyl (C=O) groups is 2. The first-order chi connectivity index (χ1) is 15.8. The molecular weight excluding hydrogens is 458 g/mol. The molecule has 2 saturated heterocycles. The summed E-state index contributed by atoms with van der Waals surface area (Å²) < 4.78 is 5.72. The first kappa shape index (κ1) is 24.3. The van der Waals surface area contributed by atoms with Crippen molar-refractivity contribution < 1.29 is 14.3 Å². The van der Waals surface area contributed by atoms with Crippen LogP contribution >= 0.6 is 22.9 Å². The van der Waals surface area contributed by atoms with Crippen LogP contribution in [-0.4, -0.2) is 64.9 Å². The molecule has 4 rings (SSSR count). The highest BCUT2D eigenvalue weighted by molar-refractivity contribution is 7.13. The molecule has 2 aromatic rings. The zero-order valence-corrected chi connectivity index (χ0v) is 21.2. The molecule has 0 bridgehead atoms. The van der Waals surface area contributed by atoms with Crippen molar-refractivity contribution in [1.29, 1.82) is 0 Å². The average molecular weight is 490 g/mol. The van der Waals surface area contributed by atoms with Crippen LogP contribution in [0.15, 0.2) is 18.3 Å². The van der Waals surface area contributed by atoms with E-state index in [9.17, 15) is 9.59 Å². The Morgan fingerprint density at radius 2 is 2.00 bits per heavy atom. The second-order valence-electron chi connectivity index (χ2n) is 9.16. The van der Waals surface area contributed by atoms with Crippen molar-refractivity contribution >= 4 is 34.6 Å². The van der Waals surface area contributed by atoms with E-state index in [1.165, 1.54) is 11.3 Å². The van der Waals surface area contributed by atoms with Crippen LogP contribution in [0.3, 0.4) is 0 Å². The zero-order chi connectivity index (χ0) is 23.5. The van der Waals surface area contributed by atoms with Crippen LogP contribution in [0.4, 0.5) is 0 Å². The van der Waals surface area contributed by atoms with Gasteiger partial charge in [0, 0.05) is 56.5 Å². The molecule has 1 aromatic carbocycles. The fourth-order valence-corrected chi connectivity index (χ4v) is 5.74. The molecule has 2 atom stereocenters. The Kier molecular flexibility index (Phi) is 7.84. The smallest absolute Gasteiger partial charge is 0.252 e. The second kappa shape index (κ2) is 10.6. The van der Waals surface area contributed by atoms with Gasteiger partial charge in [0.1, 0.15) is 6.10 Å². The van der Waals surface area contributed by atoms with Gasteiger partial charge in [0.05, 0.1) is 9.88 Å². The van der Waals surface area contributed by atoms with Gasteiger partial charge in [0.25, 0.3) is 5.91 Å². The van der Waals surface area contributed by atoms with E-state index in [2.05, 4.69) is 23.7 Å². The lowest BCUT2D eigenvalue weighted by atomic mass is 9.97. The highest BCUT2D eigenvalue weighted by Crippen LogP contribution is 2.26. The van der Waals surface area contributed by atoms with Gasteiger partial charge in [-0.2, -0.15) is 0 Å². The summed E-state index contributed by atoms with van der Waals surface area (Å²) in [7, 11) is 0. The third kappa shape index (κ3) is 5.83. The Balaban J connectivity index is 1.41. The standard InChI is InChI=1S/C25H32ClN3O3S/c1-16-14-28(7-8-29(16)25(31)23-6-4-5-9-32-23)15-20-11-21(26)10-19(17(20)2)12-22(30)24-13-27-18(3)33-24/h10-11,13,16,23H,4-9,12,14-15H2,1-3H3/t16-,23+/m0/s1. The van der Waals surface area contributed by atoms with Crippen molar-refractivity contribution in [3.05, 3.63) is 49.9 Å². The number of carbonyl (C=O) groups excluding carboxylic acids is 2. The van der Waals surface area contributed by atoms with E-state index in [4.69, 9.17) is 16.3 Å². The van der Waals surface area contributed by atoms with Gasteiger partial charge in [0.2, 0.25) is 0 Å². The van der Waals surface area contributed by atoms with E-state index in [1.807, 2.05) is 24.0 Å². The molecule has 3 heterocycles. The summed E-state index contributed by atoms with van der Waals surface area (Å²) in [5, 5.41) is 1.54. The number of hydrogen-bond acceptors (Lipinski definition) is 6. The lowest BCUT2D eigenvalue weighted by molar-refractivity contribution is -0.151. The number of ether oxygens (including phenoxy) is 1. The maximum absolute atomic E-state index is 12.9. The van der Waals surface area contributed by atoms with Gasteiger partial charge < -0.3 is 9.64 Å². The molecule has 6 nitrogen and oxygen atoms in total. The summed E-state index contributed by atoms with van der Waals surface area (Å²) in [6.07, 6.45) is 4.64. The van der Waals surface area contributed by atoms with Crippen LogP contribution in [0.5, 0.6) is 0 Å². The number of amides is 1. The molecule has 33 heavy (non-hydrogen) atoms. The largest absolute Gasteiger partial charge is 0.368 e. The predicted octanol–water partition coefficient (Wildman–Crippen LogP) is 4.44. The van der Waals surface area contributed by atoms with Crippen molar-refractivity contribution in [2.45, 2.75) is 65.1 Å². The van der Waals surface area contributed by atoms with Crippen LogP contribution < -0.4 is 0 Å². The summed E-state index contributed by atoms with van der Waals surface area (Å²) in [5.74, 6) is 0.211. The van der Waals surface area contributed by atoms with E-state index in [-0.39, 0.29) is 23.8 Å². The van der Waals surface area contributed by atoms with Crippen molar-refractivity contribution in [3.63, 3.8) is 0 Å². The quantitative estimate of drug-likeness (QED) is 0.561. The average Bonchev–Trinajstić information content (AvgIpc) is 3.23. The normalized spacial score (nSPS) is 21.9. The number of nitrogens with zero attached hydrogens (tertiary/aromatic N) is 3. The van der Waals surface area contributed by atoms with Crippen LogP contribution in [0, 0.1) is 13.8 Å². The molecule has 178 valence electrons. The molecule has 0 unspecified atom stereocenters. The number of thiazole rings is 1. The third-order valence-corrected chi connectivity index (χ3v) is 7.85. The number of Topliss-reactive ketones (excluding diaryl/α,β-unsaturated/α-hetero) is 1. The van der Waals surface area contributed by atoms with Crippen LogP contribution in [0.1, 0.15) is 57.6 Å². The molecular formula is C25H32ClN3O3S. The third-order valence-electron chi connectivity index (χ3n) is 6.68. The summed E-state index contributed by atoms with van der Waals surface area (Å²) >= 11 is 7.87. The van der Waals surface area contributed by atoms with Gasteiger partial charge >= 0.3 is 0 Å². The van der Waals surface area contributed by atoms with E-state index >= 15 is 0 Å². The van der Waals surface area contributed by atoms with Crippen LogP contribution in [0.2, 0.25) is 5.02 Å². The van der Waals surface area contributed by atoms with E-state index in [0.29, 0.717) is 29.5 Å². The lowest BCUT2D eigenvalue weighted by Crippen LogP contribution is -2.56. The zero-order valence-electron chi connectivity index (χ0n) is 19.6. The Morgan fingerprint density at radius 1 is 1.21 bits per heavy atom. The van der Waals surface area contributed by atoms with Gasteiger partial charge in [0.15, 0.2) is 5.78 Å². The van der Waals surface area contributed by atoms with E-state index < -0.39 is 0 Å². The molecule has 0 radical (unpaired) electrons. The van der Waals surface area contributed by atoms with Gasteiger partial charge in [-0.1, -0.05) is 11.6 Å². The Bertz CT molecular complexity index is 1020. The summed E-state index contributed by atoms with van der Waals surface area (Å²) in [6.45, 7) is 9.83. The maximum atomic E-state index is 12.9. The van der Waals surface area contributed by atoms with Crippen molar-refractivity contribution in [2.75, 3.05) is 26.2 Å². The number of rotatable bonds is 6. The Hall–Kier alpha value is -1.80. The highest BCUT2D eigenvalue weighted by atomic mass is 35.5. The minimum Gasteiger partial charge on any atom is -0.368 e.